The molecule has 0 heterocycles. The van der Waals surface area contributed by atoms with Gasteiger partial charge in [-0.1, -0.05) is 6.07 Å². The zero-order valence-electron chi connectivity index (χ0n) is 10.7. The van der Waals surface area contributed by atoms with Crippen LogP contribution in [0.3, 0.4) is 0 Å². The number of anilines is 2. The van der Waals surface area contributed by atoms with Gasteiger partial charge in [0.2, 0.25) is 0 Å². The first-order valence-corrected chi connectivity index (χ1v) is 5.75. The summed E-state index contributed by atoms with van der Waals surface area (Å²) in [4.78, 5) is 0. The minimum absolute atomic E-state index is 0.0294. The molecule has 2 rings (SSSR count). The van der Waals surface area contributed by atoms with E-state index in [1.54, 1.807) is 19.2 Å². The van der Waals surface area contributed by atoms with E-state index in [0.29, 0.717) is 11.4 Å². The van der Waals surface area contributed by atoms with Crippen LogP contribution in [0.15, 0.2) is 36.4 Å². The molecule has 0 aliphatic heterocycles. The Morgan fingerprint density at radius 2 is 2.00 bits per heavy atom. The Hall–Kier alpha value is -2.54. The summed E-state index contributed by atoms with van der Waals surface area (Å²) in [6, 6.07) is 11.9. The molecule has 96 valence electrons. The third-order valence-electron chi connectivity index (χ3n) is 2.72. The van der Waals surface area contributed by atoms with Crippen molar-refractivity contribution < 1.29 is 9.13 Å². The molecule has 0 saturated heterocycles. The number of nitrogens with zero attached hydrogens (tertiary/aromatic N) is 1. The normalized spacial score (nSPS) is 9.79. The average Bonchev–Trinajstić information content (AvgIpc) is 2.39. The monoisotopic (exact) mass is 256 g/mol. The molecule has 2 aromatic carbocycles. The van der Waals surface area contributed by atoms with Gasteiger partial charge in [0.25, 0.3) is 0 Å². The molecule has 2 aromatic rings. The van der Waals surface area contributed by atoms with Crippen LogP contribution in [0, 0.1) is 24.1 Å². The molecule has 0 spiro atoms. The van der Waals surface area contributed by atoms with Crippen LogP contribution >= 0.6 is 0 Å². The second kappa shape index (κ2) is 5.40. The fraction of sp³-hybridized carbons (Fsp3) is 0.133. The van der Waals surface area contributed by atoms with Gasteiger partial charge >= 0.3 is 0 Å². The maximum Gasteiger partial charge on any atom is 0.143 e. The van der Waals surface area contributed by atoms with Crippen molar-refractivity contribution in [2.75, 3.05) is 12.4 Å². The predicted molar refractivity (Wildman–Crippen MR) is 72.1 cm³/mol. The second-order valence-electron chi connectivity index (χ2n) is 4.14. The van der Waals surface area contributed by atoms with Gasteiger partial charge < -0.3 is 10.1 Å². The Kier molecular flexibility index (Phi) is 3.67. The molecule has 3 nitrogen and oxygen atoms in total. The summed E-state index contributed by atoms with van der Waals surface area (Å²) in [5, 5.41) is 11.8. The summed E-state index contributed by atoms with van der Waals surface area (Å²) in [6.45, 7) is 1.96. The molecule has 0 unspecified atom stereocenters. The molecule has 0 bridgehead atoms. The van der Waals surface area contributed by atoms with Crippen molar-refractivity contribution >= 4 is 11.4 Å². The van der Waals surface area contributed by atoms with E-state index in [2.05, 4.69) is 5.32 Å². The molecule has 0 atom stereocenters. The average molecular weight is 256 g/mol. The van der Waals surface area contributed by atoms with Crippen molar-refractivity contribution in [3.8, 4) is 11.8 Å². The van der Waals surface area contributed by atoms with Crippen molar-refractivity contribution in [3.63, 3.8) is 0 Å². The molecule has 0 aliphatic rings. The Labute approximate surface area is 111 Å². The molecule has 19 heavy (non-hydrogen) atoms. The van der Waals surface area contributed by atoms with E-state index in [9.17, 15) is 4.39 Å². The van der Waals surface area contributed by atoms with Gasteiger partial charge in [-0.3, -0.25) is 0 Å². The van der Waals surface area contributed by atoms with Crippen molar-refractivity contribution in [2.45, 2.75) is 6.92 Å². The predicted octanol–water partition coefficient (Wildman–Crippen LogP) is 3.76. The van der Waals surface area contributed by atoms with E-state index in [1.165, 1.54) is 12.1 Å². The highest BCUT2D eigenvalue weighted by atomic mass is 19.1. The number of aryl methyl sites for hydroxylation is 1. The highest BCUT2D eigenvalue weighted by molar-refractivity contribution is 5.67. The van der Waals surface area contributed by atoms with E-state index in [4.69, 9.17) is 10.00 Å². The molecular weight excluding hydrogens is 243 g/mol. The van der Waals surface area contributed by atoms with Gasteiger partial charge in [0.05, 0.1) is 18.4 Å². The van der Waals surface area contributed by atoms with Crippen LogP contribution in [0.4, 0.5) is 15.8 Å². The standard InChI is InChI=1S/C15H13FN2O/c1-10-3-6-15(19-2)14(7-10)18-12-5-4-11(9-17)13(16)8-12/h3-8,18H,1-2H3. The van der Waals surface area contributed by atoms with Gasteiger partial charge in [0.1, 0.15) is 17.6 Å². The number of rotatable bonds is 3. The fourth-order valence-electron chi connectivity index (χ4n) is 1.76. The zero-order valence-corrected chi connectivity index (χ0v) is 10.7. The van der Waals surface area contributed by atoms with Gasteiger partial charge in [-0.25, -0.2) is 4.39 Å². The van der Waals surface area contributed by atoms with Crippen LogP contribution in [-0.2, 0) is 0 Å². The molecule has 0 aromatic heterocycles. The van der Waals surface area contributed by atoms with Crippen LogP contribution in [-0.4, -0.2) is 7.11 Å². The largest absolute Gasteiger partial charge is 0.495 e. The molecule has 0 aliphatic carbocycles. The number of halogens is 1. The van der Waals surface area contributed by atoms with Crippen molar-refractivity contribution in [1.29, 1.82) is 5.26 Å². The van der Waals surface area contributed by atoms with Gasteiger partial charge in [-0.05, 0) is 42.8 Å². The number of benzene rings is 2. The third kappa shape index (κ3) is 2.83. The highest BCUT2D eigenvalue weighted by Crippen LogP contribution is 2.29. The molecule has 0 radical (unpaired) electrons. The third-order valence-corrected chi connectivity index (χ3v) is 2.72. The van der Waals surface area contributed by atoms with Crippen molar-refractivity contribution in [1.82, 2.24) is 0 Å². The smallest absolute Gasteiger partial charge is 0.143 e. The van der Waals surface area contributed by atoms with Crippen LogP contribution in [0.1, 0.15) is 11.1 Å². The maximum atomic E-state index is 13.5. The number of ether oxygens (including phenoxy) is 1. The Balaban J connectivity index is 2.33. The number of nitrogens with one attached hydrogen (secondary N) is 1. The van der Waals surface area contributed by atoms with Crippen LogP contribution < -0.4 is 10.1 Å². The minimum Gasteiger partial charge on any atom is -0.495 e. The van der Waals surface area contributed by atoms with E-state index in [1.807, 2.05) is 25.1 Å². The quantitative estimate of drug-likeness (QED) is 0.909. The second-order valence-corrected chi connectivity index (χ2v) is 4.14. The van der Waals surface area contributed by atoms with Crippen molar-refractivity contribution in [2.24, 2.45) is 0 Å². The lowest BCUT2D eigenvalue weighted by Gasteiger charge is -2.12. The summed E-state index contributed by atoms with van der Waals surface area (Å²) in [5.74, 6) is 0.134. The first-order valence-electron chi connectivity index (χ1n) is 5.75. The van der Waals surface area contributed by atoms with Gasteiger partial charge in [-0.2, -0.15) is 5.26 Å². The number of hydrogen-bond acceptors (Lipinski definition) is 3. The van der Waals surface area contributed by atoms with Crippen LogP contribution in [0.2, 0.25) is 0 Å². The summed E-state index contributed by atoms with van der Waals surface area (Å²) < 4.78 is 18.8. The molecule has 0 fully saturated rings. The first kappa shape index (κ1) is 12.9. The summed E-state index contributed by atoms with van der Waals surface area (Å²) >= 11 is 0. The SMILES string of the molecule is COc1ccc(C)cc1Nc1ccc(C#N)c(F)c1. The van der Waals surface area contributed by atoms with Gasteiger partial charge in [-0.15, -0.1) is 0 Å². The summed E-state index contributed by atoms with van der Waals surface area (Å²) in [6.07, 6.45) is 0. The number of methoxy groups -OCH3 is 1. The Morgan fingerprint density at radius 1 is 1.21 bits per heavy atom. The van der Waals surface area contributed by atoms with E-state index in [0.717, 1.165) is 11.3 Å². The number of nitriles is 1. The van der Waals surface area contributed by atoms with E-state index in [-0.39, 0.29) is 5.56 Å². The van der Waals surface area contributed by atoms with Gasteiger partial charge in [0.15, 0.2) is 0 Å². The lowest BCUT2D eigenvalue weighted by molar-refractivity contribution is 0.416. The summed E-state index contributed by atoms with van der Waals surface area (Å²) in [7, 11) is 1.58. The highest BCUT2D eigenvalue weighted by Gasteiger charge is 2.06. The minimum atomic E-state index is -0.542. The molecule has 0 amide bonds. The molecule has 1 N–H and O–H groups in total. The lowest BCUT2D eigenvalue weighted by atomic mass is 10.1. The lowest BCUT2D eigenvalue weighted by Crippen LogP contribution is -1.96. The van der Waals surface area contributed by atoms with E-state index < -0.39 is 5.82 Å². The zero-order chi connectivity index (χ0) is 13.8. The van der Waals surface area contributed by atoms with Crippen LogP contribution in [0.5, 0.6) is 5.75 Å². The van der Waals surface area contributed by atoms with E-state index >= 15 is 0 Å². The number of hydrogen-bond donors (Lipinski definition) is 1. The maximum absolute atomic E-state index is 13.5. The van der Waals surface area contributed by atoms with Crippen LogP contribution in [0.25, 0.3) is 0 Å². The molecular formula is C15H13FN2O. The first-order chi connectivity index (χ1) is 9.13. The Morgan fingerprint density at radius 3 is 2.63 bits per heavy atom. The summed E-state index contributed by atoms with van der Waals surface area (Å²) in [5.41, 5.74) is 2.42. The fourth-order valence-corrected chi connectivity index (χ4v) is 1.76. The molecule has 4 heteroatoms. The van der Waals surface area contributed by atoms with Crippen molar-refractivity contribution in [3.05, 3.63) is 53.3 Å². The molecule has 0 saturated carbocycles. The Bertz CT molecular complexity index is 647. The topological polar surface area (TPSA) is 45.0 Å². The van der Waals surface area contributed by atoms with Gasteiger partial charge in [0, 0.05) is 5.69 Å².